The van der Waals surface area contributed by atoms with Crippen LogP contribution >= 0.6 is 11.8 Å². The van der Waals surface area contributed by atoms with Gasteiger partial charge >= 0.3 is 18.0 Å². The number of aliphatic imine (C=N–C) groups is 1. The molecule has 2 aromatic carbocycles. The first kappa shape index (κ1) is 56.1. The molecule has 0 spiro atoms. The van der Waals surface area contributed by atoms with Crippen molar-refractivity contribution in [2.45, 2.75) is 169 Å². The van der Waals surface area contributed by atoms with Crippen molar-refractivity contribution in [2.75, 3.05) is 26.0 Å². The number of alkyl carbamates (subject to hydrolysis) is 1. The fourth-order valence-electron chi connectivity index (χ4n) is 8.94. The third kappa shape index (κ3) is 13.4. The number of hydrogen-bond acceptors (Lipinski definition) is 11. The molecule has 13 nitrogen and oxygen atoms in total. The van der Waals surface area contributed by atoms with E-state index in [1.165, 1.54) is 29.7 Å². The molecule has 0 radical (unpaired) electrons. The number of benzene rings is 2. The van der Waals surface area contributed by atoms with E-state index < -0.39 is 67.4 Å². The Morgan fingerprint density at radius 2 is 1.50 bits per heavy atom. The van der Waals surface area contributed by atoms with Crippen LogP contribution < -0.4 is 10.6 Å². The second kappa shape index (κ2) is 23.4. The van der Waals surface area contributed by atoms with Crippen molar-refractivity contribution in [3.05, 3.63) is 72.3 Å². The topological polar surface area (TPSA) is 162 Å². The number of fused-ring (bicyclic) bond motifs is 3. The summed E-state index contributed by atoms with van der Waals surface area (Å²) >= 11 is 1.37. The molecule has 1 heterocycles. The molecule has 7 atom stereocenters. The number of ether oxygens (including phenoxy) is 3. The van der Waals surface area contributed by atoms with E-state index in [4.69, 9.17) is 23.6 Å². The van der Waals surface area contributed by atoms with E-state index >= 15 is 0 Å². The number of carbonyl (C=O) groups is 5. The highest BCUT2D eigenvalue weighted by Crippen LogP contribution is 2.45. The second-order valence-corrected chi connectivity index (χ2v) is 27.1. The molecule has 2 aromatic rings. The predicted octanol–water partition coefficient (Wildman–Crippen LogP) is 10.1. The number of hydrogen-bond donors (Lipinski definition) is 2. The average Bonchev–Trinajstić information content (AvgIpc) is 3.83. The van der Waals surface area contributed by atoms with Gasteiger partial charge in [0.2, 0.25) is 5.91 Å². The summed E-state index contributed by atoms with van der Waals surface area (Å²) < 4.78 is 24.3. The van der Waals surface area contributed by atoms with Crippen molar-refractivity contribution in [3.63, 3.8) is 0 Å². The molecule has 2 N–H and O–H groups in total. The van der Waals surface area contributed by atoms with E-state index in [1.807, 2.05) is 45.0 Å². The molecule has 1 aliphatic carbocycles. The van der Waals surface area contributed by atoms with Crippen molar-refractivity contribution in [1.29, 1.82) is 0 Å². The van der Waals surface area contributed by atoms with Crippen molar-refractivity contribution < 1.29 is 42.6 Å². The third-order valence-electron chi connectivity index (χ3n) is 13.9. The SMILES string of the molecule is C=CCOC(=O)C(C)(C)[C@@H](OC(=O)[C@H](C)NC(=O)[C@H](C(C)C)N(C)C(=O)[C@]1(C)CSC([C@H](C)NC(=O)OCC2c3ccccc3-c3ccccc32)=N1)[C@H](C)CC[C@H](CCC)O[Si](C)(C)C(C)(C)C. The van der Waals surface area contributed by atoms with Gasteiger partial charge in [0, 0.05) is 24.8 Å². The zero-order valence-electron chi connectivity index (χ0n) is 43.4. The zero-order valence-corrected chi connectivity index (χ0v) is 45.3. The monoisotopic (exact) mass is 977 g/mol. The Hall–Kier alpha value is -4.47. The molecule has 4 rings (SSSR count). The van der Waals surface area contributed by atoms with Crippen LogP contribution in [0.4, 0.5) is 4.79 Å². The number of nitrogens with one attached hydrogen (secondary N) is 2. The molecule has 68 heavy (non-hydrogen) atoms. The molecule has 376 valence electrons. The molecule has 1 aliphatic heterocycles. The summed E-state index contributed by atoms with van der Waals surface area (Å²) in [7, 11) is -0.507. The van der Waals surface area contributed by atoms with Gasteiger partial charge in [-0.1, -0.05) is 116 Å². The molecule has 15 heteroatoms. The maximum atomic E-state index is 14.3. The molecule has 0 unspecified atom stereocenters. The van der Waals surface area contributed by atoms with Gasteiger partial charge in [0.1, 0.15) is 36.9 Å². The molecule has 0 bridgehead atoms. The van der Waals surface area contributed by atoms with Crippen LogP contribution in [0.25, 0.3) is 11.1 Å². The Morgan fingerprint density at radius 3 is 2.04 bits per heavy atom. The molecule has 0 saturated heterocycles. The Labute approximate surface area is 411 Å². The quantitative estimate of drug-likeness (QED) is 0.0475. The number of likely N-dealkylation sites (N-methyl/N-ethyl adjacent to an activating group) is 1. The molecular weight excluding hydrogens is 897 g/mol. The molecule has 0 saturated carbocycles. The lowest BCUT2D eigenvalue weighted by Gasteiger charge is -2.40. The van der Waals surface area contributed by atoms with Gasteiger partial charge in [-0.15, -0.1) is 11.8 Å². The van der Waals surface area contributed by atoms with Gasteiger partial charge in [0.05, 0.1) is 16.5 Å². The number of rotatable bonds is 23. The number of carbonyl (C=O) groups excluding carboxylic acids is 5. The van der Waals surface area contributed by atoms with Crippen LogP contribution in [0.1, 0.15) is 126 Å². The predicted molar refractivity (Wildman–Crippen MR) is 275 cm³/mol. The van der Waals surface area contributed by atoms with Crippen LogP contribution in [0.15, 0.2) is 66.2 Å². The Balaban J connectivity index is 1.41. The maximum Gasteiger partial charge on any atom is 0.407 e. The van der Waals surface area contributed by atoms with Crippen LogP contribution in [0.2, 0.25) is 18.1 Å². The highest BCUT2D eigenvalue weighted by Gasteiger charge is 2.47. The third-order valence-corrected chi connectivity index (χ3v) is 19.9. The standard InChI is InChI=1S/C53H80N4O9SSi/c1-17-23-37(66-68(15,16)51(8,9)10)29-28-34(5)44(52(11,12)49(61)63-30-18-2)65-47(59)36(7)54-45(58)43(33(3)4)57(14)48(60)53(13)32-67-46(56-53)35(6)55-50(62)64-31-42-40-26-21-19-24-38(40)39-25-20-22-27-41(39)42/h18-22,24-27,33-37,42-44H,2,17,23,28-32H2,1,3-16H3,(H,54,58)(H,55,62)/t34-,35+,36+,37+,43+,44+,53+/m1/s1. The van der Waals surface area contributed by atoms with E-state index in [1.54, 1.807) is 34.7 Å². The van der Waals surface area contributed by atoms with Crippen LogP contribution in [0.5, 0.6) is 0 Å². The van der Waals surface area contributed by atoms with Crippen molar-refractivity contribution in [2.24, 2.45) is 22.2 Å². The van der Waals surface area contributed by atoms with Crippen molar-refractivity contribution in [1.82, 2.24) is 15.5 Å². The Kier molecular flexibility index (Phi) is 19.3. The summed E-state index contributed by atoms with van der Waals surface area (Å²) in [5, 5.41) is 6.29. The molecular formula is C53H80N4O9SSi. The second-order valence-electron chi connectivity index (χ2n) is 21.3. The minimum atomic E-state index is -2.07. The molecule has 0 fully saturated rings. The fraction of sp³-hybridized carbons (Fsp3) is 0.623. The fourth-order valence-corrected chi connectivity index (χ4v) is 11.6. The van der Waals surface area contributed by atoms with Gasteiger partial charge in [-0.2, -0.15) is 0 Å². The van der Waals surface area contributed by atoms with Crippen LogP contribution in [0.3, 0.4) is 0 Å². The lowest BCUT2D eigenvalue weighted by molar-refractivity contribution is -0.176. The highest BCUT2D eigenvalue weighted by molar-refractivity contribution is 8.14. The average molecular weight is 977 g/mol. The lowest BCUT2D eigenvalue weighted by atomic mass is 9.78. The van der Waals surface area contributed by atoms with Crippen molar-refractivity contribution >= 4 is 55.0 Å². The zero-order chi connectivity index (χ0) is 50.9. The summed E-state index contributed by atoms with van der Waals surface area (Å²) in [5.41, 5.74) is 2.03. The first-order valence-corrected chi connectivity index (χ1v) is 28.2. The number of amides is 3. The van der Waals surface area contributed by atoms with Gasteiger partial charge in [0.25, 0.3) is 5.91 Å². The Morgan fingerprint density at radius 1 is 0.912 bits per heavy atom. The van der Waals surface area contributed by atoms with E-state index in [0.29, 0.717) is 23.6 Å². The normalized spacial score (nSPS) is 18.7. The number of nitrogens with zero attached hydrogens (tertiary/aromatic N) is 2. The van der Waals surface area contributed by atoms with Crippen LogP contribution in [0, 0.1) is 17.3 Å². The summed E-state index contributed by atoms with van der Waals surface area (Å²) in [6.45, 7) is 31.2. The summed E-state index contributed by atoms with van der Waals surface area (Å²) in [6, 6.07) is 13.6. The summed E-state index contributed by atoms with van der Waals surface area (Å²) in [5.74, 6) is -2.60. The van der Waals surface area contributed by atoms with Gasteiger partial charge in [-0.05, 0) is 106 Å². The minimum absolute atomic E-state index is 0.00704. The molecule has 0 aromatic heterocycles. The largest absolute Gasteiger partial charge is 0.461 e. The van der Waals surface area contributed by atoms with Gasteiger partial charge in [-0.25, -0.2) is 9.59 Å². The lowest BCUT2D eigenvalue weighted by Crippen LogP contribution is -2.58. The van der Waals surface area contributed by atoms with E-state index in [0.717, 1.165) is 35.1 Å². The summed E-state index contributed by atoms with van der Waals surface area (Å²) in [6.07, 6.45) is 3.18. The summed E-state index contributed by atoms with van der Waals surface area (Å²) in [4.78, 5) is 75.2. The smallest absolute Gasteiger partial charge is 0.407 e. The van der Waals surface area contributed by atoms with Gasteiger partial charge in [-0.3, -0.25) is 19.4 Å². The van der Waals surface area contributed by atoms with Gasteiger partial charge in [0.15, 0.2) is 8.32 Å². The van der Waals surface area contributed by atoms with E-state index in [2.05, 4.69) is 82.3 Å². The first-order chi connectivity index (χ1) is 31.7. The minimum Gasteiger partial charge on any atom is -0.461 e. The van der Waals surface area contributed by atoms with Gasteiger partial charge < -0.3 is 34.2 Å². The highest BCUT2D eigenvalue weighted by atomic mass is 32.2. The maximum absolute atomic E-state index is 14.3. The van der Waals surface area contributed by atoms with E-state index in [9.17, 15) is 24.0 Å². The molecule has 2 aliphatic rings. The van der Waals surface area contributed by atoms with Crippen LogP contribution in [-0.2, 0) is 37.8 Å². The van der Waals surface area contributed by atoms with Crippen LogP contribution in [-0.4, -0.2) is 110 Å². The molecule has 3 amide bonds. The first-order valence-electron chi connectivity index (χ1n) is 24.3. The number of esters is 2. The Bertz CT molecular complexity index is 2110. The van der Waals surface area contributed by atoms with E-state index in [-0.39, 0.29) is 48.0 Å². The number of thioether (sulfide) groups is 1. The van der Waals surface area contributed by atoms with Crippen molar-refractivity contribution in [3.8, 4) is 11.1 Å².